The molecule has 1 aromatic carbocycles. The van der Waals surface area contributed by atoms with Crippen molar-refractivity contribution in [2.24, 2.45) is 5.92 Å². The first-order valence-corrected chi connectivity index (χ1v) is 12.1. The third-order valence-electron chi connectivity index (χ3n) is 5.09. The van der Waals surface area contributed by atoms with Gasteiger partial charge in [-0.3, -0.25) is 14.6 Å². The molecule has 10 nitrogen and oxygen atoms in total. The third kappa shape index (κ3) is 6.96. The van der Waals surface area contributed by atoms with Crippen LogP contribution in [-0.2, 0) is 24.1 Å². The van der Waals surface area contributed by atoms with Gasteiger partial charge in [0.25, 0.3) is 5.91 Å². The van der Waals surface area contributed by atoms with Gasteiger partial charge in [0, 0.05) is 32.1 Å². The van der Waals surface area contributed by atoms with Crippen LogP contribution in [0.3, 0.4) is 0 Å². The van der Waals surface area contributed by atoms with E-state index in [0.29, 0.717) is 43.8 Å². The van der Waals surface area contributed by atoms with E-state index < -0.39 is 21.5 Å². The maximum absolute atomic E-state index is 12.8. The SMILES string of the molecule is COc1cc(N)c(Cl)cc1C(=O)NC1CCN(C(CC(C)C)S(=O)(=O)OOC(C)=O)CC1. The number of nitrogens with one attached hydrogen (secondary N) is 1. The lowest BCUT2D eigenvalue weighted by molar-refractivity contribution is -0.209. The molecule has 2 rings (SSSR count). The van der Waals surface area contributed by atoms with Crippen molar-refractivity contribution in [3.05, 3.63) is 22.7 Å². The van der Waals surface area contributed by atoms with Crippen molar-refractivity contribution in [3.8, 4) is 5.75 Å². The molecule has 0 radical (unpaired) electrons. The third-order valence-corrected chi connectivity index (χ3v) is 6.83. The zero-order valence-electron chi connectivity index (χ0n) is 18.6. The Bertz CT molecular complexity index is 931. The second-order valence-corrected chi connectivity index (χ2v) is 10.2. The Hall–Kier alpha value is -2.08. The average molecular weight is 492 g/mol. The highest BCUT2D eigenvalue weighted by Gasteiger charge is 2.37. The van der Waals surface area contributed by atoms with Gasteiger partial charge >= 0.3 is 16.1 Å². The molecule has 1 amide bonds. The average Bonchev–Trinajstić information content (AvgIpc) is 2.72. The van der Waals surface area contributed by atoms with Gasteiger partial charge in [-0.15, -0.1) is 0 Å². The molecule has 0 bridgehead atoms. The number of rotatable bonds is 9. The van der Waals surface area contributed by atoms with Crippen molar-refractivity contribution in [3.63, 3.8) is 0 Å². The minimum absolute atomic E-state index is 0.0656. The lowest BCUT2D eigenvalue weighted by atomic mass is 10.0. The molecular weight excluding hydrogens is 462 g/mol. The molecule has 1 fully saturated rings. The van der Waals surface area contributed by atoms with Gasteiger partial charge in [-0.25, -0.2) is 4.79 Å². The van der Waals surface area contributed by atoms with Crippen LogP contribution < -0.4 is 15.8 Å². The maximum Gasteiger partial charge on any atom is 0.340 e. The fourth-order valence-electron chi connectivity index (χ4n) is 3.50. The Balaban J connectivity index is 2.05. The Kier molecular flexibility index (Phi) is 9.14. The van der Waals surface area contributed by atoms with Gasteiger partial charge in [-0.05, 0) is 31.2 Å². The van der Waals surface area contributed by atoms with Crippen LogP contribution in [0, 0.1) is 5.92 Å². The first kappa shape index (κ1) is 26.2. The van der Waals surface area contributed by atoms with E-state index in [0.717, 1.165) is 6.92 Å². The number of anilines is 1. The molecule has 0 aromatic heterocycles. The number of hydrogen-bond donors (Lipinski definition) is 2. The molecule has 0 saturated carbocycles. The van der Waals surface area contributed by atoms with Gasteiger partial charge in [0.2, 0.25) is 0 Å². The number of amides is 1. The van der Waals surface area contributed by atoms with E-state index >= 15 is 0 Å². The second-order valence-electron chi connectivity index (χ2n) is 8.08. The molecule has 1 aliphatic rings. The summed E-state index contributed by atoms with van der Waals surface area (Å²) in [7, 11) is -2.73. The summed E-state index contributed by atoms with van der Waals surface area (Å²) in [5.41, 5.74) is 6.34. The monoisotopic (exact) mass is 491 g/mol. The number of nitrogens with zero attached hydrogens (tertiary/aromatic N) is 1. The molecule has 1 aromatic rings. The number of halogens is 1. The minimum Gasteiger partial charge on any atom is -0.496 e. The molecule has 1 unspecified atom stereocenters. The first-order chi connectivity index (χ1) is 14.9. The lowest BCUT2D eigenvalue weighted by Gasteiger charge is -2.37. The lowest BCUT2D eigenvalue weighted by Crippen LogP contribution is -2.51. The molecule has 1 aliphatic heterocycles. The predicted molar refractivity (Wildman–Crippen MR) is 119 cm³/mol. The molecule has 3 N–H and O–H groups in total. The van der Waals surface area contributed by atoms with Gasteiger partial charge in [0.15, 0.2) is 0 Å². The fraction of sp³-hybridized carbons (Fsp3) is 0.600. The fourth-order valence-corrected chi connectivity index (χ4v) is 5.15. The second kappa shape index (κ2) is 11.2. The zero-order chi connectivity index (χ0) is 24.1. The Morgan fingerprint density at radius 2 is 1.91 bits per heavy atom. The van der Waals surface area contributed by atoms with E-state index in [1.165, 1.54) is 19.2 Å². The van der Waals surface area contributed by atoms with E-state index in [1.54, 1.807) is 4.90 Å². The van der Waals surface area contributed by atoms with E-state index in [1.807, 2.05) is 13.8 Å². The Morgan fingerprint density at radius 1 is 1.28 bits per heavy atom. The van der Waals surface area contributed by atoms with Crippen LogP contribution in [0.5, 0.6) is 5.75 Å². The molecule has 0 aliphatic carbocycles. The van der Waals surface area contributed by atoms with E-state index in [-0.39, 0.29) is 28.5 Å². The number of nitrogen functional groups attached to an aromatic ring is 1. The highest BCUT2D eigenvalue weighted by Crippen LogP contribution is 2.29. The predicted octanol–water partition coefficient (Wildman–Crippen LogP) is 2.32. The van der Waals surface area contributed by atoms with Gasteiger partial charge in [-0.1, -0.05) is 29.8 Å². The number of piperidine rings is 1. The van der Waals surface area contributed by atoms with Gasteiger partial charge in [0.05, 0.1) is 23.4 Å². The van der Waals surface area contributed by atoms with Gasteiger partial charge < -0.3 is 15.8 Å². The highest BCUT2D eigenvalue weighted by atomic mass is 35.5. The van der Waals surface area contributed by atoms with Crippen molar-refractivity contribution in [1.82, 2.24) is 10.2 Å². The van der Waals surface area contributed by atoms with Crippen molar-refractivity contribution in [2.45, 2.75) is 51.4 Å². The summed E-state index contributed by atoms with van der Waals surface area (Å²) >= 11 is 6.05. The van der Waals surface area contributed by atoms with E-state index in [9.17, 15) is 18.0 Å². The van der Waals surface area contributed by atoms with Crippen molar-refractivity contribution in [1.29, 1.82) is 0 Å². The topological polar surface area (TPSA) is 137 Å². The molecule has 1 heterocycles. The molecule has 0 spiro atoms. The number of nitrogens with two attached hydrogens (primary N) is 1. The molecular formula is C20H30ClN3O7S. The van der Waals surface area contributed by atoms with E-state index in [2.05, 4.69) is 14.5 Å². The highest BCUT2D eigenvalue weighted by molar-refractivity contribution is 7.87. The number of carbonyl (C=O) groups is 2. The number of benzene rings is 1. The first-order valence-electron chi connectivity index (χ1n) is 10.2. The van der Waals surface area contributed by atoms with Crippen LogP contribution in [0.25, 0.3) is 0 Å². The number of likely N-dealkylation sites (tertiary alicyclic amines) is 1. The molecule has 1 atom stereocenters. The van der Waals surface area contributed by atoms with Crippen LogP contribution >= 0.6 is 11.6 Å². The molecule has 1 saturated heterocycles. The van der Waals surface area contributed by atoms with E-state index in [4.69, 9.17) is 22.1 Å². The molecule has 32 heavy (non-hydrogen) atoms. The van der Waals surface area contributed by atoms with Crippen LogP contribution in [-0.4, -0.2) is 56.8 Å². The van der Waals surface area contributed by atoms with Gasteiger partial charge in [0.1, 0.15) is 11.1 Å². The Morgan fingerprint density at radius 3 is 2.44 bits per heavy atom. The number of carbonyl (C=O) groups excluding carboxylic acids is 2. The smallest absolute Gasteiger partial charge is 0.340 e. The summed E-state index contributed by atoms with van der Waals surface area (Å²) in [5, 5.41) is 2.23. The number of methoxy groups -OCH3 is 1. The van der Waals surface area contributed by atoms with Crippen LogP contribution in [0.4, 0.5) is 5.69 Å². The summed E-state index contributed by atoms with van der Waals surface area (Å²) in [6.45, 7) is 5.67. The van der Waals surface area contributed by atoms with Crippen molar-refractivity contribution < 1.29 is 32.0 Å². The largest absolute Gasteiger partial charge is 0.496 e. The normalized spacial score (nSPS) is 16.6. The Labute approximate surface area is 193 Å². The quantitative estimate of drug-likeness (QED) is 0.302. The summed E-state index contributed by atoms with van der Waals surface area (Å²) in [5.74, 6) is -0.827. The van der Waals surface area contributed by atoms with Crippen LogP contribution in [0.1, 0.15) is 50.4 Å². The van der Waals surface area contributed by atoms with Crippen LogP contribution in [0.15, 0.2) is 12.1 Å². The number of hydrogen-bond acceptors (Lipinski definition) is 9. The zero-order valence-corrected chi connectivity index (χ0v) is 20.2. The van der Waals surface area contributed by atoms with Crippen LogP contribution in [0.2, 0.25) is 5.02 Å². The minimum atomic E-state index is -4.16. The summed E-state index contributed by atoms with van der Waals surface area (Å²) in [6.07, 6.45) is 1.35. The summed E-state index contributed by atoms with van der Waals surface area (Å²) in [6, 6.07) is 2.78. The summed E-state index contributed by atoms with van der Waals surface area (Å²) < 4.78 is 34.9. The van der Waals surface area contributed by atoms with Gasteiger partial charge in [-0.2, -0.15) is 8.42 Å². The summed E-state index contributed by atoms with van der Waals surface area (Å²) in [4.78, 5) is 29.8. The van der Waals surface area contributed by atoms with Crippen molar-refractivity contribution in [2.75, 3.05) is 25.9 Å². The standard InChI is InChI=1S/C20H30ClN3O7S/c1-12(2)9-19(32(27,28)31-30-13(3)25)24-7-5-14(6-8-24)23-20(26)15-10-16(21)17(22)11-18(15)29-4/h10-12,14,19H,5-9,22H2,1-4H3,(H,23,26). The molecule has 180 valence electrons. The molecule has 12 heteroatoms. The number of ether oxygens (including phenoxy) is 1. The van der Waals surface area contributed by atoms with Crippen molar-refractivity contribution >= 4 is 39.3 Å². The maximum atomic E-state index is 12.8.